The number of ether oxygens (including phenoxy) is 1. The average Bonchev–Trinajstić information content (AvgIpc) is 1.82. The van der Waals surface area contributed by atoms with Crippen molar-refractivity contribution in [3.63, 3.8) is 0 Å². The van der Waals surface area contributed by atoms with Crippen molar-refractivity contribution in [1.82, 2.24) is 0 Å². The van der Waals surface area contributed by atoms with Crippen molar-refractivity contribution in [1.29, 1.82) is 0 Å². The van der Waals surface area contributed by atoms with Crippen molar-refractivity contribution < 1.29 is 24.2 Å². The Kier molecular flexibility index (Phi) is 3.36. The number of carboxylic acid groups (broad SMARTS) is 1. The molecule has 0 spiro atoms. The summed E-state index contributed by atoms with van der Waals surface area (Å²) in [5.74, 6) is -2.42. The van der Waals surface area contributed by atoms with Crippen molar-refractivity contribution >= 4 is 18.0 Å². The van der Waals surface area contributed by atoms with Crippen LogP contribution in [0.25, 0.3) is 0 Å². The fraction of sp³-hybridized carbons (Fsp3) is 0. The molecule has 0 aromatic carbocycles. The van der Waals surface area contributed by atoms with E-state index >= 15 is 0 Å². The van der Waals surface area contributed by atoms with Crippen LogP contribution < -0.4 is 5.73 Å². The van der Waals surface area contributed by atoms with E-state index in [4.69, 9.17) is 5.11 Å². The Hall–Kier alpha value is -1.85. The van der Waals surface area contributed by atoms with Crippen LogP contribution in [0.5, 0.6) is 0 Å². The lowest BCUT2D eigenvalue weighted by Gasteiger charge is -1.90. The van der Waals surface area contributed by atoms with Gasteiger partial charge < -0.3 is 15.6 Å². The minimum atomic E-state index is -1.31. The van der Waals surface area contributed by atoms with E-state index < -0.39 is 18.0 Å². The molecule has 0 atom stereocenters. The fourth-order valence-electron chi connectivity index (χ4n) is 0.272. The molecule has 0 heterocycles. The van der Waals surface area contributed by atoms with Crippen LogP contribution >= 0.6 is 0 Å². The van der Waals surface area contributed by atoms with Crippen molar-refractivity contribution in [2.45, 2.75) is 0 Å². The Morgan fingerprint density at radius 2 is 1.82 bits per heavy atom. The Labute approximate surface area is 61.2 Å². The first kappa shape index (κ1) is 9.15. The molecule has 11 heavy (non-hydrogen) atoms. The van der Waals surface area contributed by atoms with Gasteiger partial charge in [0.2, 0.25) is 0 Å². The van der Waals surface area contributed by atoms with Gasteiger partial charge in [-0.1, -0.05) is 0 Å². The number of nitrogens with two attached hydrogens (primary N) is 1. The molecular weight excluding hydrogens is 154 g/mol. The number of aliphatic carboxylic acids is 1. The van der Waals surface area contributed by atoms with Gasteiger partial charge >= 0.3 is 18.0 Å². The van der Waals surface area contributed by atoms with E-state index in [2.05, 4.69) is 10.5 Å². The number of rotatable bonds is 2. The number of carboxylic acids is 1. The van der Waals surface area contributed by atoms with Gasteiger partial charge in [-0.15, -0.1) is 0 Å². The molecule has 0 saturated heterocycles. The quantitative estimate of drug-likeness (QED) is 0.313. The van der Waals surface area contributed by atoms with Crippen LogP contribution in [0.15, 0.2) is 12.2 Å². The van der Waals surface area contributed by atoms with E-state index in [0.29, 0.717) is 12.2 Å². The van der Waals surface area contributed by atoms with Crippen LogP contribution in [-0.4, -0.2) is 23.1 Å². The second-order valence-electron chi connectivity index (χ2n) is 1.41. The summed E-state index contributed by atoms with van der Waals surface area (Å²) in [7, 11) is 0. The zero-order chi connectivity index (χ0) is 8.85. The van der Waals surface area contributed by atoms with Gasteiger partial charge in [0.25, 0.3) is 0 Å². The van der Waals surface area contributed by atoms with Crippen LogP contribution in [-0.2, 0) is 14.3 Å². The van der Waals surface area contributed by atoms with Crippen LogP contribution in [0, 0.1) is 0 Å². The van der Waals surface area contributed by atoms with E-state index in [1.807, 2.05) is 0 Å². The highest BCUT2D eigenvalue weighted by Crippen LogP contribution is 1.80. The van der Waals surface area contributed by atoms with Gasteiger partial charge in [-0.25, -0.2) is 14.4 Å². The molecule has 0 aliphatic heterocycles. The average molecular weight is 159 g/mol. The SMILES string of the molecule is NC(=O)OC(=O)/C=C/C(=O)O. The van der Waals surface area contributed by atoms with E-state index in [1.54, 1.807) is 0 Å². The number of carbonyl (C=O) groups is 3. The third kappa shape index (κ3) is 6.03. The number of hydrogen-bond donors (Lipinski definition) is 2. The van der Waals surface area contributed by atoms with Crippen LogP contribution in [0.3, 0.4) is 0 Å². The highest BCUT2D eigenvalue weighted by molar-refractivity contribution is 5.95. The molecule has 0 aliphatic carbocycles. The standard InChI is InChI=1S/C5H5NO5/c6-5(10)11-4(9)2-1-3(7)8/h1-2H,(H2,6,10)(H,7,8)/b2-1+. The van der Waals surface area contributed by atoms with Crippen LogP contribution in [0.4, 0.5) is 4.79 Å². The summed E-state index contributed by atoms with van der Waals surface area (Å²) >= 11 is 0. The molecular formula is C5H5NO5. The molecule has 0 aromatic heterocycles. The predicted molar refractivity (Wildman–Crippen MR) is 32.5 cm³/mol. The van der Waals surface area contributed by atoms with E-state index in [0.717, 1.165) is 0 Å². The maximum Gasteiger partial charge on any atom is 0.412 e. The van der Waals surface area contributed by atoms with E-state index in [1.165, 1.54) is 0 Å². The van der Waals surface area contributed by atoms with Gasteiger partial charge in [0.05, 0.1) is 0 Å². The number of carbonyl (C=O) groups excluding carboxylic acids is 2. The third-order valence-corrected chi connectivity index (χ3v) is 0.563. The zero-order valence-corrected chi connectivity index (χ0v) is 5.31. The van der Waals surface area contributed by atoms with Gasteiger partial charge in [-0.05, 0) is 0 Å². The molecule has 0 bridgehead atoms. The maximum absolute atomic E-state index is 10.3. The minimum absolute atomic E-state index is 0.533. The Morgan fingerprint density at radius 1 is 1.27 bits per heavy atom. The molecule has 0 saturated carbocycles. The van der Waals surface area contributed by atoms with Crippen molar-refractivity contribution in [3.05, 3.63) is 12.2 Å². The molecule has 0 rings (SSSR count). The van der Waals surface area contributed by atoms with Crippen molar-refractivity contribution in [2.24, 2.45) is 5.73 Å². The lowest BCUT2D eigenvalue weighted by molar-refractivity contribution is -0.134. The maximum atomic E-state index is 10.3. The molecule has 60 valence electrons. The summed E-state index contributed by atoms with van der Waals surface area (Å²) in [5, 5.41) is 7.99. The lowest BCUT2D eigenvalue weighted by Crippen LogP contribution is -2.16. The third-order valence-electron chi connectivity index (χ3n) is 0.563. The molecule has 0 unspecified atom stereocenters. The molecule has 3 N–H and O–H groups in total. The molecule has 0 fully saturated rings. The predicted octanol–water partition coefficient (Wildman–Crippen LogP) is -0.751. The molecule has 0 aromatic rings. The number of amides is 1. The first-order valence-electron chi connectivity index (χ1n) is 2.44. The molecule has 6 heteroatoms. The van der Waals surface area contributed by atoms with E-state index in [-0.39, 0.29) is 0 Å². The summed E-state index contributed by atoms with van der Waals surface area (Å²) in [5.41, 5.74) is 4.44. The summed E-state index contributed by atoms with van der Waals surface area (Å²) in [6.07, 6.45) is -0.164. The molecule has 1 amide bonds. The topological polar surface area (TPSA) is 107 Å². The second kappa shape index (κ2) is 4.04. The molecule has 6 nitrogen and oxygen atoms in total. The van der Waals surface area contributed by atoms with Crippen LogP contribution in [0.1, 0.15) is 0 Å². The minimum Gasteiger partial charge on any atom is -0.478 e. The van der Waals surface area contributed by atoms with Gasteiger partial charge in [-0.3, -0.25) is 0 Å². The highest BCUT2D eigenvalue weighted by atomic mass is 16.6. The summed E-state index contributed by atoms with van der Waals surface area (Å²) in [6.45, 7) is 0. The normalized spacial score (nSPS) is 9.45. The highest BCUT2D eigenvalue weighted by Gasteiger charge is 2.01. The molecule has 0 radical (unpaired) electrons. The van der Waals surface area contributed by atoms with Gasteiger partial charge in [-0.2, -0.15) is 0 Å². The van der Waals surface area contributed by atoms with Gasteiger partial charge in [0.1, 0.15) is 0 Å². The zero-order valence-electron chi connectivity index (χ0n) is 5.31. The van der Waals surface area contributed by atoms with E-state index in [9.17, 15) is 14.4 Å². The Morgan fingerprint density at radius 3 is 2.18 bits per heavy atom. The Bertz CT molecular complexity index is 219. The fourth-order valence-corrected chi connectivity index (χ4v) is 0.272. The lowest BCUT2D eigenvalue weighted by atomic mass is 10.5. The number of primary amides is 1. The molecule has 0 aliphatic rings. The van der Waals surface area contributed by atoms with Crippen molar-refractivity contribution in [3.8, 4) is 0 Å². The monoisotopic (exact) mass is 159 g/mol. The van der Waals surface area contributed by atoms with Crippen molar-refractivity contribution in [2.75, 3.05) is 0 Å². The number of esters is 1. The first-order valence-corrected chi connectivity index (χ1v) is 2.44. The summed E-state index contributed by atoms with van der Waals surface area (Å²) < 4.78 is 3.75. The smallest absolute Gasteiger partial charge is 0.412 e. The van der Waals surface area contributed by atoms with Crippen LogP contribution in [0.2, 0.25) is 0 Å². The number of hydrogen-bond acceptors (Lipinski definition) is 4. The van der Waals surface area contributed by atoms with Gasteiger partial charge in [0.15, 0.2) is 0 Å². The largest absolute Gasteiger partial charge is 0.478 e. The Balaban J connectivity index is 3.88. The van der Waals surface area contributed by atoms with Gasteiger partial charge in [0, 0.05) is 12.2 Å². The summed E-state index contributed by atoms with van der Waals surface area (Å²) in [4.78, 5) is 29.9. The second-order valence-corrected chi connectivity index (χ2v) is 1.41. The summed E-state index contributed by atoms with van der Waals surface area (Å²) in [6, 6.07) is 0. The first-order chi connectivity index (χ1) is 5.02.